The van der Waals surface area contributed by atoms with Gasteiger partial charge in [0.1, 0.15) is 11.4 Å². The maximum absolute atomic E-state index is 12.0. The van der Waals surface area contributed by atoms with Crippen molar-refractivity contribution in [3.05, 3.63) is 18.1 Å². The monoisotopic (exact) mass is 322 g/mol. The lowest BCUT2D eigenvalue weighted by Gasteiger charge is -2.36. The van der Waals surface area contributed by atoms with Gasteiger partial charge in [-0.1, -0.05) is 0 Å². The first kappa shape index (κ1) is 17.0. The first-order chi connectivity index (χ1) is 10.8. The van der Waals surface area contributed by atoms with Gasteiger partial charge in [-0.05, 0) is 26.8 Å². The van der Waals surface area contributed by atoms with Crippen molar-refractivity contribution in [2.45, 2.75) is 26.4 Å². The van der Waals surface area contributed by atoms with Gasteiger partial charge in [0.25, 0.3) is 0 Å². The third-order valence-corrected chi connectivity index (χ3v) is 3.26. The van der Waals surface area contributed by atoms with Crippen molar-refractivity contribution >= 4 is 17.9 Å². The van der Waals surface area contributed by atoms with E-state index in [1.165, 1.54) is 13.3 Å². The zero-order valence-corrected chi connectivity index (χ0v) is 13.9. The van der Waals surface area contributed by atoms with Gasteiger partial charge in [0.2, 0.25) is 5.82 Å². The zero-order chi connectivity index (χ0) is 17.0. The van der Waals surface area contributed by atoms with Crippen molar-refractivity contribution in [3.63, 3.8) is 0 Å². The second kappa shape index (κ2) is 6.80. The Labute approximate surface area is 135 Å². The Morgan fingerprint density at radius 3 is 2.39 bits per heavy atom. The van der Waals surface area contributed by atoms with Crippen LogP contribution < -0.4 is 4.90 Å². The maximum Gasteiger partial charge on any atom is 0.410 e. The van der Waals surface area contributed by atoms with E-state index < -0.39 is 11.6 Å². The van der Waals surface area contributed by atoms with E-state index in [0.29, 0.717) is 32.0 Å². The molecule has 0 radical (unpaired) electrons. The summed E-state index contributed by atoms with van der Waals surface area (Å²) in [5, 5.41) is 0. The molecule has 1 aliphatic rings. The van der Waals surface area contributed by atoms with Crippen molar-refractivity contribution < 1.29 is 19.1 Å². The van der Waals surface area contributed by atoms with E-state index in [1.807, 2.05) is 25.7 Å². The molecule has 126 valence electrons. The third-order valence-electron chi connectivity index (χ3n) is 3.26. The van der Waals surface area contributed by atoms with Gasteiger partial charge in [0.15, 0.2) is 0 Å². The molecule has 1 fully saturated rings. The summed E-state index contributed by atoms with van der Waals surface area (Å²) in [6, 6.07) is 1.73. The summed E-state index contributed by atoms with van der Waals surface area (Å²) >= 11 is 0. The second-order valence-electron chi connectivity index (χ2n) is 6.18. The highest BCUT2D eigenvalue weighted by atomic mass is 16.6. The molecular formula is C15H22N4O4. The number of ether oxygens (including phenoxy) is 2. The fourth-order valence-electron chi connectivity index (χ4n) is 2.16. The van der Waals surface area contributed by atoms with E-state index in [2.05, 4.69) is 14.7 Å². The zero-order valence-electron chi connectivity index (χ0n) is 13.9. The molecule has 0 saturated carbocycles. The average Bonchev–Trinajstić information content (AvgIpc) is 2.53. The third kappa shape index (κ3) is 4.54. The Morgan fingerprint density at radius 2 is 1.83 bits per heavy atom. The van der Waals surface area contributed by atoms with Crippen LogP contribution >= 0.6 is 0 Å². The van der Waals surface area contributed by atoms with Crippen molar-refractivity contribution in [3.8, 4) is 0 Å². The minimum absolute atomic E-state index is 0.0274. The summed E-state index contributed by atoms with van der Waals surface area (Å²) in [6.45, 7) is 7.82. The van der Waals surface area contributed by atoms with Gasteiger partial charge in [-0.3, -0.25) is 0 Å². The maximum atomic E-state index is 12.0. The smallest absolute Gasteiger partial charge is 0.410 e. The number of anilines is 1. The molecule has 2 rings (SSSR count). The number of carbonyl (C=O) groups is 2. The highest BCUT2D eigenvalue weighted by molar-refractivity contribution is 5.85. The molecule has 8 nitrogen and oxygen atoms in total. The number of nitrogens with zero attached hydrogens (tertiary/aromatic N) is 4. The van der Waals surface area contributed by atoms with Gasteiger partial charge in [0, 0.05) is 32.4 Å². The lowest BCUT2D eigenvalue weighted by atomic mass is 10.2. The van der Waals surface area contributed by atoms with Crippen molar-refractivity contribution in [2.24, 2.45) is 0 Å². The number of amides is 1. The number of methoxy groups -OCH3 is 1. The largest absolute Gasteiger partial charge is 0.463 e. The SMILES string of the molecule is COC(=O)c1nccc(N2CCN(C(=O)OC(C)(C)C)CC2)n1. The van der Waals surface area contributed by atoms with Crippen LogP contribution in [-0.4, -0.2) is 65.8 Å². The van der Waals surface area contributed by atoms with Crippen LogP contribution in [0.1, 0.15) is 31.4 Å². The summed E-state index contributed by atoms with van der Waals surface area (Å²) in [4.78, 5) is 35.3. The van der Waals surface area contributed by atoms with Crippen LogP contribution in [0.4, 0.5) is 10.6 Å². The number of esters is 1. The molecule has 8 heteroatoms. The molecule has 0 aromatic carbocycles. The van der Waals surface area contributed by atoms with Crippen LogP contribution in [-0.2, 0) is 9.47 Å². The Morgan fingerprint density at radius 1 is 1.17 bits per heavy atom. The molecule has 2 heterocycles. The van der Waals surface area contributed by atoms with Crippen LogP contribution in [0, 0.1) is 0 Å². The van der Waals surface area contributed by atoms with E-state index >= 15 is 0 Å². The lowest BCUT2D eigenvalue weighted by Crippen LogP contribution is -2.50. The Kier molecular flexibility index (Phi) is 5.02. The van der Waals surface area contributed by atoms with Crippen molar-refractivity contribution in [1.29, 1.82) is 0 Å². The summed E-state index contributed by atoms with van der Waals surface area (Å²) < 4.78 is 9.99. The molecule has 1 aromatic heterocycles. The summed E-state index contributed by atoms with van der Waals surface area (Å²) in [7, 11) is 1.29. The predicted octanol–water partition coefficient (Wildman–Crippen LogP) is 1.32. The number of aromatic nitrogens is 2. The number of hydrogen-bond donors (Lipinski definition) is 0. The molecule has 0 bridgehead atoms. The van der Waals surface area contributed by atoms with Crippen LogP contribution in [0.3, 0.4) is 0 Å². The van der Waals surface area contributed by atoms with E-state index in [-0.39, 0.29) is 11.9 Å². The molecule has 0 atom stereocenters. The number of hydrogen-bond acceptors (Lipinski definition) is 7. The minimum Gasteiger partial charge on any atom is -0.463 e. The quantitative estimate of drug-likeness (QED) is 0.759. The van der Waals surface area contributed by atoms with E-state index in [0.717, 1.165) is 0 Å². The Balaban J connectivity index is 1.97. The summed E-state index contributed by atoms with van der Waals surface area (Å²) in [5.74, 6) is 0.100. The number of rotatable bonds is 2. The predicted molar refractivity (Wildman–Crippen MR) is 83.4 cm³/mol. The molecule has 1 aromatic rings. The van der Waals surface area contributed by atoms with Crippen LogP contribution in [0.15, 0.2) is 12.3 Å². The van der Waals surface area contributed by atoms with E-state index in [9.17, 15) is 9.59 Å². The fourth-order valence-corrected chi connectivity index (χ4v) is 2.16. The van der Waals surface area contributed by atoms with Gasteiger partial charge in [-0.25, -0.2) is 19.6 Å². The van der Waals surface area contributed by atoms with Gasteiger partial charge in [-0.2, -0.15) is 0 Å². The molecule has 23 heavy (non-hydrogen) atoms. The van der Waals surface area contributed by atoms with Crippen LogP contribution in [0.2, 0.25) is 0 Å². The lowest BCUT2D eigenvalue weighted by molar-refractivity contribution is 0.0240. The molecule has 1 saturated heterocycles. The average molecular weight is 322 g/mol. The number of carbonyl (C=O) groups excluding carboxylic acids is 2. The first-order valence-electron chi connectivity index (χ1n) is 7.44. The Bertz CT molecular complexity index is 577. The fraction of sp³-hybridized carbons (Fsp3) is 0.600. The van der Waals surface area contributed by atoms with Gasteiger partial charge in [-0.15, -0.1) is 0 Å². The van der Waals surface area contributed by atoms with Gasteiger partial charge in [0.05, 0.1) is 7.11 Å². The highest BCUT2D eigenvalue weighted by Gasteiger charge is 2.26. The topological polar surface area (TPSA) is 84.9 Å². The Hall–Kier alpha value is -2.38. The minimum atomic E-state index is -0.570. The van der Waals surface area contributed by atoms with E-state index in [1.54, 1.807) is 11.0 Å². The standard InChI is InChI=1S/C15H22N4O4/c1-15(2,3)23-14(21)19-9-7-18(8-10-19)11-5-6-16-12(17-11)13(20)22-4/h5-6H,7-10H2,1-4H3. The highest BCUT2D eigenvalue weighted by Crippen LogP contribution is 2.16. The normalized spacial score (nSPS) is 15.3. The van der Waals surface area contributed by atoms with Crippen molar-refractivity contribution in [2.75, 3.05) is 38.2 Å². The molecule has 1 amide bonds. The molecule has 0 spiro atoms. The second-order valence-corrected chi connectivity index (χ2v) is 6.18. The van der Waals surface area contributed by atoms with Gasteiger partial charge >= 0.3 is 12.1 Å². The molecule has 1 aliphatic heterocycles. The summed E-state index contributed by atoms with van der Waals surface area (Å²) in [6.07, 6.45) is 1.21. The molecule has 0 aliphatic carbocycles. The van der Waals surface area contributed by atoms with Crippen LogP contribution in [0.5, 0.6) is 0 Å². The molecule has 0 unspecified atom stereocenters. The molecular weight excluding hydrogens is 300 g/mol. The first-order valence-corrected chi connectivity index (χ1v) is 7.44. The van der Waals surface area contributed by atoms with Crippen molar-refractivity contribution in [1.82, 2.24) is 14.9 Å². The van der Waals surface area contributed by atoms with E-state index in [4.69, 9.17) is 4.74 Å². The van der Waals surface area contributed by atoms with Gasteiger partial charge < -0.3 is 19.3 Å². The molecule has 0 N–H and O–H groups in total. The summed E-state index contributed by atoms with van der Waals surface area (Å²) in [5.41, 5.74) is -0.504. The number of piperazine rings is 1. The van der Waals surface area contributed by atoms with Crippen LogP contribution in [0.25, 0.3) is 0 Å².